The molecule has 0 bridgehead atoms. The minimum atomic E-state index is -0.164. The number of pyridine rings is 1. The molecule has 3 heterocycles. The highest BCUT2D eigenvalue weighted by Gasteiger charge is 2.31. The number of rotatable bonds is 4. The van der Waals surface area contributed by atoms with Crippen molar-refractivity contribution in [1.82, 2.24) is 19.9 Å². The van der Waals surface area contributed by atoms with Crippen LogP contribution in [0.5, 0.6) is 0 Å². The van der Waals surface area contributed by atoms with Gasteiger partial charge in [0.05, 0.1) is 17.1 Å². The zero-order valence-corrected chi connectivity index (χ0v) is 15.1. The summed E-state index contributed by atoms with van der Waals surface area (Å²) in [6, 6.07) is 12.3. The largest absolute Gasteiger partial charge is 0.361 e. The lowest BCUT2D eigenvalue weighted by Gasteiger charge is -2.27. The highest BCUT2D eigenvalue weighted by atomic mass is 16.1. The number of carbonyl (C=O) groups excluding carboxylic acids is 1. The summed E-state index contributed by atoms with van der Waals surface area (Å²) >= 11 is 0. The summed E-state index contributed by atoms with van der Waals surface area (Å²) in [5, 5.41) is 2.64. The van der Waals surface area contributed by atoms with E-state index in [0.717, 1.165) is 43.0 Å². The van der Waals surface area contributed by atoms with Gasteiger partial charge in [0, 0.05) is 32.0 Å². The van der Waals surface area contributed by atoms with Crippen molar-refractivity contribution in [3.8, 4) is 0 Å². The minimum Gasteiger partial charge on any atom is -0.361 e. The molecule has 1 aliphatic heterocycles. The van der Waals surface area contributed by atoms with Gasteiger partial charge in [-0.3, -0.25) is 9.78 Å². The molecule has 4 rings (SSSR count). The molecule has 1 unspecified atom stereocenters. The number of hydrogen-bond donors (Lipinski definition) is 1. The van der Waals surface area contributed by atoms with Crippen molar-refractivity contribution in [3.63, 3.8) is 0 Å². The lowest BCUT2D eigenvalue weighted by molar-refractivity contribution is 0.0958. The van der Waals surface area contributed by atoms with E-state index in [1.54, 1.807) is 13.2 Å². The van der Waals surface area contributed by atoms with Crippen LogP contribution in [0, 0.1) is 0 Å². The van der Waals surface area contributed by atoms with Gasteiger partial charge in [-0.15, -0.1) is 0 Å². The van der Waals surface area contributed by atoms with E-state index < -0.39 is 0 Å². The summed E-state index contributed by atoms with van der Waals surface area (Å²) in [5.74, 6) is 0.938. The molecular weight excluding hydrogens is 326 g/mol. The van der Waals surface area contributed by atoms with Gasteiger partial charge >= 0.3 is 0 Å². The second-order valence-corrected chi connectivity index (χ2v) is 6.53. The van der Waals surface area contributed by atoms with E-state index in [-0.39, 0.29) is 11.9 Å². The molecule has 0 saturated carbocycles. The Kier molecular flexibility index (Phi) is 4.32. The lowest BCUT2D eigenvalue weighted by atomic mass is 10.2. The van der Waals surface area contributed by atoms with Gasteiger partial charge in [0.2, 0.25) is 0 Å². The third-order valence-electron chi connectivity index (χ3n) is 5.09. The average Bonchev–Trinajstić information content (AvgIpc) is 3.31. The Hall–Kier alpha value is -2.89. The maximum Gasteiger partial charge on any atom is 0.269 e. The summed E-state index contributed by atoms with van der Waals surface area (Å²) in [5.41, 5.74) is 3.69. The van der Waals surface area contributed by atoms with Crippen molar-refractivity contribution in [2.45, 2.75) is 32.4 Å². The van der Waals surface area contributed by atoms with Crippen molar-refractivity contribution in [2.75, 3.05) is 18.5 Å². The summed E-state index contributed by atoms with van der Waals surface area (Å²) in [6.07, 6.45) is 3.87. The number of amides is 1. The number of imidazole rings is 1. The number of nitrogens with zero attached hydrogens (tertiary/aromatic N) is 4. The van der Waals surface area contributed by atoms with Gasteiger partial charge in [-0.25, -0.2) is 4.98 Å². The van der Waals surface area contributed by atoms with E-state index in [1.807, 2.05) is 18.2 Å². The van der Waals surface area contributed by atoms with Crippen molar-refractivity contribution in [2.24, 2.45) is 0 Å². The predicted octanol–water partition coefficient (Wildman–Crippen LogP) is 3.15. The highest BCUT2D eigenvalue weighted by Crippen LogP contribution is 2.37. The van der Waals surface area contributed by atoms with Crippen molar-refractivity contribution in [1.29, 1.82) is 0 Å². The molecule has 134 valence electrons. The number of aryl methyl sites for hydroxylation is 1. The van der Waals surface area contributed by atoms with Gasteiger partial charge in [-0.05, 0) is 44.0 Å². The van der Waals surface area contributed by atoms with Crippen LogP contribution in [-0.4, -0.2) is 34.0 Å². The molecule has 1 amide bonds. The number of para-hydroxylation sites is 2. The molecule has 1 atom stereocenters. The lowest BCUT2D eigenvalue weighted by Crippen LogP contribution is -2.26. The Bertz CT molecular complexity index is 948. The molecular formula is C20H23N5O. The Labute approximate surface area is 152 Å². The molecule has 0 spiro atoms. The van der Waals surface area contributed by atoms with Gasteiger partial charge in [-0.1, -0.05) is 12.1 Å². The van der Waals surface area contributed by atoms with E-state index in [0.29, 0.717) is 5.69 Å². The maximum atomic E-state index is 11.9. The Morgan fingerprint density at radius 3 is 2.96 bits per heavy atom. The third-order valence-corrected chi connectivity index (χ3v) is 5.09. The SMILES string of the molecule is CCn1c(C2CCCN2c2ccnc(C(=O)NC)c2)nc2ccccc21. The quantitative estimate of drug-likeness (QED) is 0.786. The zero-order valence-electron chi connectivity index (χ0n) is 15.1. The second-order valence-electron chi connectivity index (χ2n) is 6.53. The molecule has 3 aromatic rings. The molecule has 26 heavy (non-hydrogen) atoms. The van der Waals surface area contributed by atoms with Crippen LogP contribution in [0.4, 0.5) is 5.69 Å². The number of anilines is 1. The first kappa shape index (κ1) is 16.6. The number of aromatic nitrogens is 3. The smallest absolute Gasteiger partial charge is 0.269 e. The Morgan fingerprint density at radius 1 is 1.31 bits per heavy atom. The summed E-state index contributed by atoms with van der Waals surface area (Å²) in [4.78, 5) is 23.4. The number of benzene rings is 1. The summed E-state index contributed by atoms with van der Waals surface area (Å²) in [6.45, 7) is 4.00. The standard InChI is InChI=1S/C20H23N5O/c1-3-24-17-8-5-4-7-15(17)23-19(24)18-9-6-12-25(18)14-10-11-22-16(13-14)20(26)21-2/h4-5,7-8,10-11,13,18H,3,6,9,12H2,1-2H3,(H,21,26). The molecule has 1 aromatic carbocycles. The average molecular weight is 349 g/mol. The van der Waals surface area contributed by atoms with Gasteiger partial charge in [0.1, 0.15) is 11.5 Å². The highest BCUT2D eigenvalue weighted by molar-refractivity contribution is 5.92. The van der Waals surface area contributed by atoms with E-state index in [1.165, 1.54) is 5.52 Å². The fourth-order valence-corrected chi connectivity index (χ4v) is 3.88. The van der Waals surface area contributed by atoms with Crippen LogP contribution < -0.4 is 10.2 Å². The molecule has 1 fully saturated rings. The first-order valence-corrected chi connectivity index (χ1v) is 9.13. The zero-order chi connectivity index (χ0) is 18.1. The summed E-state index contributed by atoms with van der Waals surface area (Å²) < 4.78 is 2.30. The van der Waals surface area contributed by atoms with E-state index in [4.69, 9.17) is 4.98 Å². The normalized spacial score (nSPS) is 17.0. The molecule has 6 nitrogen and oxygen atoms in total. The molecule has 1 aliphatic rings. The minimum absolute atomic E-state index is 0.164. The fourth-order valence-electron chi connectivity index (χ4n) is 3.88. The number of nitrogens with one attached hydrogen (secondary N) is 1. The van der Waals surface area contributed by atoms with Gasteiger partial charge in [0.15, 0.2) is 0 Å². The Morgan fingerprint density at radius 2 is 2.15 bits per heavy atom. The summed E-state index contributed by atoms with van der Waals surface area (Å²) in [7, 11) is 1.62. The molecule has 2 aromatic heterocycles. The van der Waals surface area contributed by atoms with Crippen molar-refractivity contribution >= 4 is 22.6 Å². The first-order valence-electron chi connectivity index (χ1n) is 9.13. The van der Waals surface area contributed by atoms with E-state index in [9.17, 15) is 4.79 Å². The first-order chi connectivity index (χ1) is 12.7. The molecule has 0 aliphatic carbocycles. The maximum absolute atomic E-state index is 11.9. The number of carbonyl (C=O) groups is 1. The topological polar surface area (TPSA) is 63.1 Å². The molecule has 1 N–H and O–H groups in total. The number of fused-ring (bicyclic) bond motifs is 1. The van der Waals surface area contributed by atoms with Crippen LogP contribution in [0.1, 0.15) is 42.1 Å². The van der Waals surface area contributed by atoms with Gasteiger partial charge in [-0.2, -0.15) is 0 Å². The van der Waals surface area contributed by atoms with Crippen LogP contribution in [0.3, 0.4) is 0 Å². The van der Waals surface area contributed by atoms with Gasteiger partial charge < -0.3 is 14.8 Å². The molecule has 0 radical (unpaired) electrons. The van der Waals surface area contributed by atoms with Gasteiger partial charge in [0.25, 0.3) is 5.91 Å². The van der Waals surface area contributed by atoms with Crippen molar-refractivity contribution in [3.05, 3.63) is 54.1 Å². The molecule has 6 heteroatoms. The van der Waals surface area contributed by atoms with Crippen LogP contribution in [0.2, 0.25) is 0 Å². The van der Waals surface area contributed by atoms with Crippen LogP contribution in [0.15, 0.2) is 42.6 Å². The van der Waals surface area contributed by atoms with Crippen LogP contribution >= 0.6 is 0 Å². The van der Waals surface area contributed by atoms with E-state index >= 15 is 0 Å². The number of hydrogen-bond acceptors (Lipinski definition) is 4. The third kappa shape index (κ3) is 2.71. The molecule has 1 saturated heterocycles. The predicted molar refractivity (Wildman–Crippen MR) is 102 cm³/mol. The monoisotopic (exact) mass is 349 g/mol. The Balaban J connectivity index is 1.75. The van der Waals surface area contributed by atoms with Crippen LogP contribution in [0.25, 0.3) is 11.0 Å². The van der Waals surface area contributed by atoms with Crippen molar-refractivity contribution < 1.29 is 4.79 Å². The fraction of sp³-hybridized carbons (Fsp3) is 0.350. The van der Waals surface area contributed by atoms with Crippen LogP contribution in [-0.2, 0) is 6.54 Å². The van der Waals surface area contributed by atoms with E-state index in [2.05, 4.69) is 44.9 Å². The second kappa shape index (κ2) is 6.78.